The highest BCUT2D eigenvalue weighted by molar-refractivity contribution is 6.07. The standard InChI is InChI=1S/C31H40O7/c1-11-36-25-21(18-23(19(2)3)26(27(25)35-10)38-29(34)31(7,8)9)14-17-24(32)20-12-15-22(16-13-20)37-28(33)30(4,5)6/h12-19H,11H2,1-10H3. The number of benzene rings is 2. The van der Waals surface area contributed by atoms with Crippen LogP contribution in [-0.2, 0) is 9.59 Å². The molecule has 0 aromatic heterocycles. The van der Waals surface area contributed by atoms with E-state index in [4.69, 9.17) is 18.9 Å². The van der Waals surface area contributed by atoms with Gasteiger partial charge in [-0.1, -0.05) is 13.8 Å². The van der Waals surface area contributed by atoms with E-state index in [1.54, 1.807) is 71.9 Å². The van der Waals surface area contributed by atoms with Crippen LogP contribution in [0.2, 0.25) is 0 Å². The predicted octanol–water partition coefficient (Wildman–Crippen LogP) is 7.02. The summed E-state index contributed by atoms with van der Waals surface area (Å²) in [5.74, 6) is 0.368. The van der Waals surface area contributed by atoms with Crippen LogP contribution in [0.4, 0.5) is 0 Å². The topological polar surface area (TPSA) is 88.1 Å². The minimum atomic E-state index is -0.712. The molecule has 2 aromatic rings. The van der Waals surface area contributed by atoms with Gasteiger partial charge in [0.05, 0.1) is 24.5 Å². The van der Waals surface area contributed by atoms with Crippen molar-refractivity contribution in [1.82, 2.24) is 0 Å². The third-order valence-electron chi connectivity index (χ3n) is 5.55. The second-order valence-electron chi connectivity index (χ2n) is 11.3. The number of ketones is 1. The maximum absolute atomic E-state index is 12.9. The number of carbonyl (C=O) groups is 3. The van der Waals surface area contributed by atoms with Gasteiger partial charge in [-0.3, -0.25) is 14.4 Å². The van der Waals surface area contributed by atoms with Crippen molar-refractivity contribution in [3.05, 3.63) is 53.1 Å². The molecule has 0 heterocycles. The summed E-state index contributed by atoms with van der Waals surface area (Å²) in [5, 5.41) is 0. The zero-order chi connectivity index (χ0) is 28.8. The summed E-state index contributed by atoms with van der Waals surface area (Å²) >= 11 is 0. The highest BCUT2D eigenvalue weighted by atomic mass is 16.6. The van der Waals surface area contributed by atoms with Gasteiger partial charge >= 0.3 is 11.9 Å². The predicted molar refractivity (Wildman–Crippen MR) is 148 cm³/mol. The Bertz CT molecular complexity index is 1190. The Labute approximate surface area is 226 Å². The summed E-state index contributed by atoms with van der Waals surface area (Å²) in [6, 6.07) is 8.25. The Morgan fingerprint density at radius 3 is 1.87 bits per heavy atom. The van der Waals surface area contributed by atoms with Crippen LogP contribution in [0.3, 0.4) is 0 Å². The molecule has 0 amide bonds. The molecule has 206 valence electrons. The molecule has 0 fully saturated rings. The zero-order valence-electron chi connectivity index (χ0n) is 24.2. The van der Waals surface area contributed by atoms with Crippen molar-refractivity contribution in [2.24, 2.45) is 10.8 Å². The smallest absolute Gasteiger partial charge is 0.316 e. The molecule has 0 aliphatic heterocycles. The van der Waals surface area contributed by atoms with Gasteiger partial charge in [0.15, 0.2) is 17.3 Å². The summed E-state index contributed by atoms with van der Waals surface area (Å²) in [6.45, 7) is 16.8. The molecule has 0 bridgehead atoms. The van der Waals surface area contributed by atoms with Gasteiger partial charge in [-0.2, -0.15) is 0 Å². The second kappa shape index (κ2) is 12.3. The first-order valence-electron chi connectivity index (χ1n) is 12.7. The minimum absolute atomic E-state index is 0.00597. The molecule has 2 rings (SSSR count). The van der Waals surface area contributed by atoms with E-state index in [1.807, 2.05) is 26.8 Å². The molecule has 0 spiro atoms. The highest BCUT2D eigenvalue weighted by Gasteiger charge is 2.29. The molecule has 0 aliphatic carbocycles. The van der Waals surface area contributed by atoms with Crippen LogP contribution < -0.4 is 18.9 Å². The lowest BCUT2D eigenvalue weighted by molar-refractivity contribution is -0.143. The first kappa shape index (κ1) is 30.6. The molecule has 0 radical (unpaired) electrons. The van der Waals surface area contributed by atoms with Crippen molar-refractivity contribution in [1.29, 1.82) is 0 Å². The fraction of sp³-hybridized carbons (Fsp3) is 0.452. The van der Waals surface area contributed by atoms with Crippen molar-refractivity contribution < 1.29 is 33.3 Å². The van der Waals surface area contributed by atoms with Gasteiger partial charge in [0.1, 0.15) is 5.75 Å². The van der Waals surface area contributed by atoms with Crippen LogP contribution in [0.1, 0.15) is 89.7 Å². The SMILES string of the molecule is CCOc1c(C=CC(=O)c2ccc(OC(=O)C(C)(C)C)cc2)cc(C(C)C)c(OC(=O)C(C)(C)C)c1OC. The maximum Gasteiger partial charge on any atom is 0.316 e. The fourth-order valence-electron chi connectivity index (χ4n) is 3.26. The van der Waals surface area contributed by atoms with Gasteiger partial charge in [0.2, 0.25) is 5.75 Å². The lowest BCUT2D eigenvalue weighted by atomic mass is 9.95. The van der Waals surface area contributed by atoms with Gasteiger partial charge in [0, 0.05) is 16.7 Å². The van der Waals surface area contributed by atoms with E-state index in [-0.39, 0.29) is 17.7 Å². The van der Waals surface area contributed by atoms with E-state index in [0.29, 0.717) is 40.7 Å². The van der Waals surface area contributed by atoms with Crippen molar-refractivity contribution in [2.45, 2.75) is 68.2 Å². The molecule has 0 aliphatic rings. The van der Waals surface area contributed by atoms with Gasteiger partial charge < -0.3 is 18.9 Å². The quantitative estimate of drug-likeness (QED) is 0.151. The Morgan fingerprint density at radius 1 is 0.842 bits per heavy atom. The molecule has 7 heteroatoms. The zero-order valence-corrected chi connectivity index (χ0v) is 24.2. The van der Waals surface area contributed by atoms with Crippen LogP contribution in [0.15, 0.2) is 36.4 Å². The summed E-state index contributed by atoms with van der Waals surface area (Å²) in [4.78, 5) is 37.8. The van der Waals surface area contributed by atoms with E-state index < -0.39 is 16.8 Å². The Kier molecular flexibility index (Phi) is 9.90. The molecule has 38 heavy (non-hydrogen) atoms. The molecule has 2 aromatic carbocycles. The summed E-state index contributed by atoms with van der Waals surface area (Å²) in [7, 11) is 1.49. The van der Waals surface area contributed by atoms with Gasteiger partial charge in [-0.05, 0) is 96.9 Å². The van der Waals surface area contributed by atoms with Crippen LogP contribution in [0.5, 0.6) is 23.0 Å². The molecule has 0 saturated heterocycles. The summed E-state index contributed by atoms with van der Waals surface area (Å²) in [5.41, 5.74) is 0.455. The molecule has 0 N–H and O–H groups in total. The number of hydrogen-bond acceptors (Lipinski definition) is 7. The molecule has 7 nitrogen and oxygen atoms in total. The van der Waals surface area contributed by atoms with Crippen molar-refractivity contribution >= 4 is 23.8 Å². The number of ether oxygens (including phenoxy) is 4. The third-order valence-corrected chi connectivity index (χ3v) is 5.55. The normalized spacial score (nSPS) is 12.0. The summed E-state index contributed by atoms with van der Waals surface area (Å²) in [6.07, 6.45) is 3.10. The van der Waals surface area contributed by atoms with Gasteiger partial charge in [-0.15, -0.1) is 0 Å². The van der Waals surface area contributed by atoms with Crippen molar-refractivity contribution in [3.63, 3.8) is 0 Å². The molecular weight excluding hydrogens is 484 g/mol. The number of esters is 2. The largest absolute Gasteiger partial charge is 0.490 e. The van der Waals surface area contributed by atoms with Crippen molar-refractivity contribution in [3.8, 4) is 23.0 Å². The van der Waals surface area contributed by atoms with E-state index in [1.165, 1.54) is 13.2 Å². The number of carbonyl (C=O) groups excluding carboxylic acids is 3. The number of rotatable bonds is 9. The lowest BCUT2D eigenvalue weighted by Gasteiger charge is -2.23. The molecule has 0 unspecified atom stereocenters. The highest BCUT2D eigenvalue weighted by Crippen LogP contribution is 2.46. The Balaban J connectivity index is 2.45. The molecular formula is C31H40O7. The van der Waals surface area contributed by atoms with E-state index in [2.05, 4.69) is 0 Å². The monoisotopic (exact) mass is 524 g/mol. The fourth-order valence-corrected chi connectivity index (χ4v) is 3.26. The average Bonchev–Trinajstić information content (AvgIpc) is 2.82. The second-order valence-corrected chi connectivity index (χ2v) is 11.3. The van der Waals surface area contributed by atoms with E-state index in [0.717, 1.165) is 5.56 Å². The van der Waals surface area contributed by atoms with Crippen LogP contribution in [-0.4, -0.2) is 31.4 Å². The van der Waals surface area contributed by atoms with Crippen molar-refractivity contribution in [2.75, 3.05) is 13.7 Å². The van der Waals surface area contributed by atoms with E-state index >= 15 is 0 Å². The summed E-state index contributed by atoms with van der Waals surface area (Å²) < 4.78 is 22.8. The number of allylic oxidation sites excluding steroid dienone is 1. The number of hydrogen-bond donors (Lipinski definition) is 0. The van der Waals surface area contributed by atoms with Gasteiger partial charge in [0.25, 0.3) is 0 Å². The maximum atomic E-state index is 12.9. The molecule has 0 saturated carbocycles. The van der Waals surface area contributed by atoms with E-state index in [9.17, 15) is 14.4 Å². The Morgan fingerprint density at radius 2 is 1.39 bits per heavy atom. The van der Waals surface area contributed by atoms with Gasteiger partial charge in [-0.25, -0.2) is 0 Å². The number of methoxy groups -OCH3 is 1. The molecule has 0 atom stereocenters. The first-order valence-corrected chi connectivity index (χ1v) is 12.7. The lowest BCUT2D eigenvalue weighted by Crippen LogP contribution is -2.26. The first-order chi connectivity index (χ1) is 17.6. The van der Waals surface area contributed by atoms with Crippen LogP contribution >= 0.6 is 0 Å². The Hall–Kier alpha value is -3.61. The average molecular weight is 525 g/mol. The third kappa shape index (κ3) is 7.70. The van der Waals surface area contributed by atoms with Crippen LogP contribution in [0.25, 0.3) is 6.08 Å². The van der Waals surface area contributed by atoms with Crippen LogP contribution in [0, 0.1) is 10.8 Å². The minimum Gasteiger partial charge on any atom is -0.490 e.